The lowest BCUT2D eigenvalue weighted by Crippen LogP contribution is -2.33. The Hall–Kier alpha value is -0.785. The van der Waals surface area contributed by atoms with Crippen LogP contribution in [0.4, 0.5) is 0 Å². The van der Waals surface area contributed by atoms with Crippen LogP contribution >= 0.6 is 23.3 Å². The molecule has 0 radical (unpaired) electrons. The van der Waals surface area contributed by atoms with Gasteiger partial charge in [0.05, 0.1) is 4.21 Å². The van der Waals surface area contributed by atoms with E-state index < -0.39 is 7.12 Å². The van der Waals surface area contributed by atoms with Gasteiger partial charge in [0, 0.05) is 15.9 Å². The number of thiophene rings is 1. The van der Waals surface area contributed by atoms with Crippen LogP contribution < -0.4 is 10.2 Å². The third-order valence-corrected chi connectivity index (χ3v) is 5.48. The monoisotopic (exact) mass is 321 g/mol. The zero-order valence-electron chi connectivity index (χ0n) is 12.7. The molecule has 112 valence electrons. The molecule has 0 fully saturated rings. The molecule has 0 spiro atoms. The molecular weight excluding hydrogens is 301 g/mol. The Kier molecular flexibility index (Phi) is 5.17. The van der Waals surface area contributed by atoms with E-state index in [1.807, 2.05) is 18.2 Å². The molecule has 2 rings (SSSR count). The molecule has 0 unspecified atom stereocenters. The smallest absolute Gasteiger partial charge is 0.423 e. The van der Waals surface area contributed by atoms with E-state index in [2.05, 4.69) is 44.5 Å². The summed E-state index contributed by atoms with van der Waals surface area (Å²) in [5.74, 6) is 0. The zero-order chi connectivity index (χ0) is 15.6. The van der Waals surface area contributed by atoms with Crippen molar-refractivity contribution in [3.05, 3.63) is 35.9 Å². The third-order valence-electron chi connectivity index (χ3n) is 2.86. The van der Waals surface area contributed by atoms with Crippen LogP contribution in [0.15, 0.2) is 34.5 Å². The van der Waals surface area contributed by atoms with Crippen LogP contribution in [0.5, 0.6) is 0 Å². The highest BCUT2D eigenvalue weighted by atomic mass is 32.2. The normalized spacial score (nSPS) is 11.7. The van der Waals surface area contributed by atoms with Crippen LogP contribution in [0.2, 0.25) is 0 Å². The fourth-order valence-corrected chi connectivity index (χ4v) is 4.08. The van der Waals surface area contributed by atoms with Crippen molar-refractivity contribution >= 4 is 35.9 Å². The minimum atomic E-state index is -1.46. The predicted molar refractivity (Wildman–Crippen MR) is 93.1 cm³/mol. The maximum absolute atomic E-state index is 9.58. The number of aryl methyl sites for hydroxylation is 1. The summed E-state index contributed by atoms with van der Waals surface area (Å²) >= 11 is 3.03. The van der Waals surface area contributed by atoms with Crippen molar-refractivity contribution in [2.45, 2.75) is 37.4 Å². The minimum absolute atomic E-state index is 0.0465. The van der Waals surface area contributed by atoms with Gasteiger partial charge in [0.25, 0.3) is 0 Å². The number of benzene rings is 1. The molecule has 0 bridgehead atoms. The first-order chi connectivity index (χ1) is 9.78. The molecule has 0 amide bonds. The quantitative estimate of drug-likeness (QED) is 0.599. The average Bonchev–Trinajstić information content (AvgIpc) is 2.80. The van der Waals surface area contributed by atoms with Gasteiger partial charge in [-0.1, -0.05) is 24.3 Å². The standard InChI is InChI=1S/C15H20BNO2S2/c1-10-7-5-6-8-11(10)13-9-12(16(18)19)14(20-13)21-17-15(2,3)4/h5-9,17-19H,1-4H3. The van der Waals surface area contributed by atoms with Crippen molar-refractivity contribution in [3.8, 4) is 10.4 Å². The van der Waals surface area contributed by atoms with Crippen LogP contribution in [0.3, 0.4) is 0 Å². The summed E-state index contributed by atoms with van der Waals surface area (Å²) in [7, 11) is -1.46. The summed E-state index contributed by atoms with van der Waals surface area (Å²) in [6, 6.07) is 9.98. The Morgan fingerprint density at radius 2 is 1.86 bits per heavy atom. The summed E-state index contributed by atoms with van der Waals surface area (Å²) in [4.78, 5) is 1.05. The Morgan fingerprint density at radius 3 is 2.43 bits per heavy atom. The first-order valence-corrected chi connectivity index (χ1v) is 8.41. The van der Waals surface area contributed by atoms with Crippen molar-refractivity contribution in [2.24, 2.45) is 0 Å². The van der Waals surface area contributed by atoms with Gasteiger partial charge >= 0.3 is 7.12 Å². The highest BCUT2D eigenvalue weighted by Gasteiger charge is 2.22. The fraction of sp³-hybridized carbons (Fsp3) is 0.333. The number of nitrogens with one attached hydrogen (secondary N) is 1. The van der Waals surface area contributed by atoms with Crippen LogP contribution in [-0.2, 0) is 0 Å². The molecule has 0 saturated carbocycles. The van der Waals surface area contributed by atoms with Gasteiger partial charge in [-0.2, -0.15) is 0 Å². The van der Waals surface area contributed by atoms with Gasteiger partial charge in [-0.25, -0.2) is 0 Å². The molecule has 6 heteroatoms. The van der Waals surface area contributed by atoms with Gasteiger partial charge in [0.1, 0.15) is 0 Å². The van der Waals surface area contributed by atoms with E-state index >= 15 is 0 Å². The number of rotatable bonds is 4. The molecule has 2 aromatic rings. The van der Waals surface area contributed by atoms with Crippen LogP contribution in [-0.4, -0.2) is 22.7 Å². The summed E-state index contributed by atoms with van der Waals surface area (Å²) in [5.41, 5.74) is 2.82. The van der Waals surface area contributed by atoms with E-state index in [9.17, 15) is 10.0 Å². The lowest BCUT2D eigenvalue weighted by atomic mass is 9.82. The topological polar surface area (TPSA) is 52.5 Å². The van der Waals surface area contributed by atoms with Gasteiger partial charge in [0.15, 0.2) is 0 Å². The molecule has 0 atom stereocenters. The molecule has 0 saturated heterocycles. The summed E-state index contributed by atoms with van der Waals surface area (Å²) in [6.07, 6.45) is 0. The number of hydrogen-bond acceptors (Lipinski definition) is 5. The van der Waals surface area contributed by atoms with E-state index in [0.717, 1.165) is 14.6 Å². The first kappa shape index (κ1) is 16.6. The van der Waals surface area contributed by atoms with Crippen LogP contribution in [0.25, 0.3) is 10.4 Å². The van der Waals surface area contributed by atoms with Gasteiger partial charge < -0.3 is 10.0 Å². The minimum Gasteiger partial charge on any atom is -0.423 e. The SMILES string of the molecule is Cc1ccccc1-c1cc(B(O)O)c(SNC(C)(C)C)s1. The predicted octanol–water partition coefficient (Wildman–Crippen LogP) is 2.80. The molecule has 3 nitrogen and oxygen atoms in total. The summed E-state index contributed by atoms with van der Waals surface area (Å²) in [6.45, 7) is 8.28. The van der Waals surface area contributed by atoms with Crippen LogP contribution in [0.1, 0.15) is 26.3 Å². The Labute approximate surface area is 134 Å². The van der Waals surface area contributed by atoms with Crippen molar-refractivity contribution in [3.63, 3.8) is 0 Å². The van der Waals surface area contributed by atoms with Crippen molar-refractivity contribution in [1.82, 2.24) is 4.72 Å². The van der Waals surface area contributed by atoms with E-state index in [1.165, 1.54) is 17.5 Å². The molecule has 21 heavy (non-hydrogen) atoms. The fourth-order valence-electron chi connectivity index (χ4n) is 1.83. The molecule has 3 N–H and O–H groups in total. The maximum atomic E-state index is 9.58. The number of hydrogen-bond donors (Lipinski definition) is 3. The average molecular weight is 321 g/mol. The van der Waals surface area contributed by atoms with E-state index in [0.29, 0.717) is 5.46 Å². The molecule has 0 aliphatic heterocycles. The van der Waals surface area contributed by atoms with Crippen molar-refractivity contribution in [1.29, 1.82) is 0 Å². The van der Waals surface area contributed by atoms with E-state index in [4.69, 9.17) is 0 Å². The van der Waals surface area contributed by atoms with E-state index in [1.54, 1.807) is 11.3 Å². The highest BCUT2D eigenvalue weighted by molar-refractivity contribution is 7.99. The summed E-state index contributed by atoms with van der Waals surface area (Å²) in [5, 5.41) is 19.2. The third kappa shape index (κ3) is 4.34. The molecule has 1 aromatic heterocycles. The molecule has 0 aliphatic carbocycles. The molecule has 1 aromatic carbocycles. The van der Waals surface area contributed by atoms with Gasteiger partial charge in [-0.15, -0.1) is 11.3 Å². The second-order valence-corrected chi connectivity index (χ2v) is 8.12. The van der Waals surface area contributed by atoms with Gasteiger partial charge in [-0.05, 0) is 56.8 Å². The lowest BCUT2D eigenvalue weighted by molar-refractivity contribution is 0.425. The highest BCUT2D eigenvalue weighted by Crippen LogP contribution is 2.34. The molecule has 0 aliphatic rings. The second kappa shape index (κ2) is 6.54. The lowest BCUT2D eigenvalue weighted by Gasteiger charge is -2.19. The first-order valence-electron chi connectivity index (χ1n) is 6.78. The summed E-state index contributed by atoms with van der Waals surface area (Å²) < 4.78 is 4.20. The van der Waals surface area contributed by atoms with Crippen LogP contribution in [0, 0.1) is 6.92 Å². The van der Waals surface area contributed by atoms with Crippen molar-refractivity contribution < 1.29 is 10.0 Å². The van der Waals surface area contributed by atoms with E-state index in [-0.39, 0.29) is 5.54 Å². The molecular formula is C15H20BNO2S2. The van der Waals surface area contributed by atoms with Gasteiger partial charge in [-0.3, -0.25) is 4.72 Å². The Balaban J connectivity index is 2.36. The Bertz CT molecular complexity index is 620. The second-order valence-electron chi connectivity index (χ2n) is 6.00. The van der Waals surface area contributed by atoms with Crippen molar-refractivity contribution in [2.75, 3.05) is 0 Å². The zero-order valence-corrected chi connectivity index (χ0v) is 14.3. The largest absolute Gasteiger partial charge is 0.490 e. The van der Waals surface area contributed by atoms with Gasteiger partial charge in [0.2, 0.25) is 0 Å². The Morgan fingerprint density at radius 1 is 1.19 bits per heavy atom. The molecule has 1 heterocycles. The maximum Gasteiger partial charge on any atom is 0.490 e.